The fraction of sp³-hybridized carbons (Fsp3) is 0.552. The molecule has 3 unspecified atom stereocenters. The van der Waals surface area contributed by atoms with Gasteiger partial charge in [0.1, 0.15) is 11.9 Å². The highest BCUT2D eigenvalue weighted by atomic mass is 19.1. The van der Waals surface area contributed by atoms with Gasteiger partial charge in [-0.3, -0.25) is 14.6 Å². The van der Waals surface area contributed by atoms with Crippen LogP contribution in [0.3, 0.4) is 0 Å². The normalized spacial score (nSPS) is 20.8. The minimum Gasteiger partial charge on any atom is -0.405 e. The highest BCUT2D eigenvalue weighted by Crippen LogP contribution is 2.31. The molecule has 1 aliphatic heterocycles. The maximum atomic E-state index is 14.2. The molecular weight excluding hydrogens is 483 g/mol. The van der Waals surface area contributed by atoms with Crippen molar-refractivity contribution in [1.29, 1.82) is 0 Å². The Labute approximate surface area is 224 Å². The van der Waals surface area contributed by atoms with Gasteiger partial charge in [-0.15, -0.1) is 0 Å². The lowest BCUT2D eigenvalue weighted by Gasteiger charge is -2.35. The third-order valence-corrected chi connectivity index (χ3v) is 8.19. The quantitative estimate of drug-likeness (QED) is 0.438. The average molecular weight is 525 g/mol. The Morgan fingerprint density at radius 3 is 2.66 bits per heavy atom. The summed E-state index contributed by atoms with van der Waals surface area (Å²) < 4.78 is 16.3. The zero-order chi connectivity index (χ0) is 27.2. The number of likely N-dealkylation sites (N-methyl/N-ethyl adjacent to an activating group) is 1. The predicted molar refractivity (Wildman–Crippen MR) is 149 cm³/mol. The summed E-state index contributed by atoms with van der Waals surface area (Å²) in [6.45, 7) is 3.06. The Balaban J connectivity index is 1.62. The van der Waals surface area contributed by atoms with E-state index in [2.05, 4.69) is 20.2 Å². The summed E-state index contributed by atoms with van der Waals surface area (Å²) in [5.41, 5.74) is 7.99. The van der Waals surface area contributed by atoms with Gasteiger partial charge in [-0.25, -0.2) is 4.39 Å². The average Bonchev–Trinajstić information content (AvgIpc) is 3.54. The van der Waals surface area contributed by atoms with Gasteiger partial charge in [0.25, 0.3) is 0 Å². The number of nitrogens with two attached hydrogens (primary N) is 1. The minimum absolute atomic E-state index is 0.0145. The van der Waals surface area contributed by atoms with Crippen molar-refractivity contribution in [1.82, 2.24) is 20.1 Å². The Bertz CT molecular complexity index is 1200. The molecule has 1 saturated carbocycles. The van der Waals surface area contributed by atoms with Crippen molar-refractivity contribution in [3.05, 3.63) is 48.1 Å². The minimum atomic E-state index is -0.515. The Morgan fingerprint density at radius 2 is 1.97 bits per heavy atom. The molecule has 1 aliphatic carbocycles. The van der Waals surface area contributed by atoms with Gasteiger partial charge in [0.05, 0.1) is 11.8 Å². The van der Waals surface area contributed by atoms with E-state index in [1.54, 1.807) is 26.2 Å². The molecule has 2 aliphatic rings. The van der Waals surface area contributed by atoms with E-state index in [0.717, 1.165) is 55.0 Å². The first-order valence-electron chi connectivity index (χ1n) is 13.8. The van der Waals surface area contributed by atoms with Crippen LogP contribution in [0.5, 0.6) is 0 Å². The van der Waals surface area contributed by atoms with Crippen molar-refractivity contribution in [2.24, 2.45) is 16.6 Å². The standard InChI is InChI=1S/C29H41FN6O2/c1-19(32-2)28(37)34-27(20-8-5-4-6-9-20)29(38)36-15-7-10-22(36)17-35-18-24(25(33-3)13-14-31)23-16-21(30)11-12-26(23)35/h11-14,16,18-20,22,27,32H,4-10,15,17,31H2,1-3H3,(H,34,37). The summed E-state index contributed by atoms with van der Waals surface area (Å²) in [4.78, 5) is 33.2. The number of hydrogen-bond donors (Lipinski definition) is 3. The van der Waals surface area contributed by atoms with Crippen LogP contribution in [0.1, 0.15) is 57.4 Å². The SMILES string of the molecule is CN=C(C=CN)c1cn(CC2CCCN2C(=O)C(NC(=O)C(C)NC)C2CCCCC2)c2ccc(F)cc12. The number of benzene rings is 1. The summed E-state index contributed by atoms with van der Waals surface area (Å²) in [5.74, 6) is -0.294. The van der Waals surface area contributed by atoms with E-state index >= 15 is 0 Å². The van der Waals surface area contributed by atoms with Gasteiger partial charge >= 0.3 is 0 Å². The van der Waals surface area contributed by atoms with Crippen molar-refractivity contribution >= 4 is 28.4 Å². The molecule has 2 amide bonds. The molecule has 4 rings (SSSR count). The second-order valence-corrected chi connectivity index (χ2v) is 10.5. The highest BCUT2D eigenvalue weighted by Gasteiger charge is 2.38. The Hall–Kier alpha value is -3.20. The number of rotatable bonds is 9. The van der Waals surface area contributed by atoms with E-state index in [1.807, 2.05) is 18.0 Å². The van der Waals surface area contributed by atoms with E-state index in [0.29, 0.717) is 18.8 Å². The summed E-state index contributed by atoms with van der Waals surface area (Å²) in [6.07, 6.45) is 12.1. The van der Waals surface area contributed by atoms with Gasteiger partial charge in [-0.1, -0.05) is 19.3 Å². The number of aliphatic imine (C=N–C) groups is 1. The van der Waals surface area contributed by atoms with Crippen molar-refractivity contribution in [3.8, 4) is 0 Å². The van der Waals surface area contributed by atoms with E-state index in [9.17, 15) is 14.0 Å². The maximum absolute atomic E-state index is 14.2. The first kappa shape index (κ1) is 27.8. The number of nitrogens with one attached hydrogen (secondary N) is 2. The molecule has 9 heteroatoms. The van der Waals surface area contributed by atoms with Crippen LogP contribution in [0.2, 0.25) is 0 Å². The topological polar surface area (TPSA) is 105 Å². The van der Waals surface area contributed by atoms with Gasteiger partial charge in [0, 0.05) is 48.8 Å². The fourth-order valence-corrected chi connectivity index (χ4v) is 5.98. The largest absolute Gasteiger partial charge is 0.405 e. The van der Waals surface area contributed by atoms with Crippen LogP contribution >= 0.6 is 0 Å². The second kappa shape index (κ2) is 12.6. The van der Waals surface area contributed by atoms with E-state index < -0.39 is 6.04 Å². The number of likely N-dealkylation sites (tertiary alicyclic amines) is 1. The Morgan fingerprint density at radius 1 is 1.21 bits per heavy atom. The zero-order valence-electron chi connectivity index (χ0n) is 22.8. The lowest BCUT2D eigenvalue weighted by atomic mass is 9.83. The molecule has 0 radical (unpaired) electrons. The van der Waals surface area contributed by atoms with Crippen LogP contribution < -0.4 is 16.4 Å². The van der Waals surface area contributed by atoms with Gasteiger partial charge < -0.3 is 25.8 Å². The molecule has 1 aromatic carbocycles. The third kappa shape index (κ3) is 5.93. The fourth-order valence-electron chi connectivity index (χ4n) is 5.98. The number of allylic oxidation sites excluding steroid dienone is 1. The Kier molecular flexibility index (Phi) is 9.20. The molecule has 0 bridgehead atoms. The van der Waals surface area contributed by atoms with Crippen LogP contribution in [-0.2, 0) is 16.1 Å². The van der Waals surface area contributed by atoms with Gasteiger partial charge in [0.15, 0.2) is 0 Å². The molecule has 1 saturated heterocycles. The van der Waals surface area contributed by atoms with E-state index in [1.165, 1.54) is 24.8 Å². The smallest absolute Gasteiger partial charge is 0.245 e. The first-order chi connectivity index (χ1) is 18.4. The molecule has 8 nitrogen and oxygen atoms in total. The van der Waals surface area contributed by atoms with E-state index in [-0.39, 0.29) is 35.6 Å². The van der Waals surface area contributed by atoms with E-state index in [4.69, 9.17) is 5.73 Å². The summed E-state index contributed by atoms with van der Waals surface area (Å²) in [6, 6.07) is 3.85. The van der Waals surface area contributed by atoms with Crippen LogP contribution in [0.4, 0.5) is 4.39 Å². The van der Waals surface area contributed by atoms with Crippen molar-refractivity contribution in [2.45, 2.75) is 76.5 Å². The highest BCUT2D eigenvalue weighted by molar-refractivity contribution is 6.16. The molecule has 0 spiro atoms. The molecule has 2 fully saturated rings. The second-order valence-electron chi connectivity index (χ2n) is 10.5. The van der Waals surface area contributed by atoms with Crippen LogP contribution in [0, 0.1) is 11.7 Å². The number of carbonyl (C=O) groups is 2. The number of carbonyl (C=O) groups excluding carboxylic acids is 2. The van der Waals surface area contributed by atoms with Crippen molar-refractivity contribution in [3.63, 3.8) is 0 Å². The number of nitrogens with zero attached hydrogens (tertiary/aromatic N) is 3. The number of fused-ring (bicyclic) bond motifs is 1. The number of hydrogen-bond acceptors (Lipinski definition) is 5. The molecule has 38 heavy (non-hydrogen) atoms. The van der Waals surface area contributed by atoms with Crippen LogP contribution in [0.15, 0.2) is 41.7 Å². The van der Waals surface area contributed by atoms with Crippen molar-refractivity contribution in [2.75, 3.05) is 20.6 Å². The molecule has 3 atom stereocenters. The van der Waals surface area contributed by atoms with Crippen molar-refractivity contribution < 1.29 is 14.0 Å². The van der Waals surface area contributed by atoms with Gasteiger partial charge in [-0.2, -0.15) is 0 Å². The first-order valence-corrected chi connectivity index (χ1v) is 13.8. The summed E-state index contributed by atoms with van der Waals surface area (Å²) in [5, 5.41) is 6.84. The lowest BCUT2D eigenvalue weighted by molar-refractivity contribution is -0.139. The van der Waals surface area contributed by atoms with Gasteiger partial charge in [-0.05, 0) is 76.0 Å². The predicted octanol–water partition coefficient (Wildman–Crippen LogP) is 3.34. The summed E-state index contributed by atoms with van der Waals surface area (Å²) >= 11 is 0. The molecular formula is C29H41FN6O2. The lowest BCUT2D eigenvalue weighted by Crippen LogP contribution is -2.56. The molecule has 2 aromatic rings. The third-order valence-electron chi connectivity index (χ3n) is 8.19. The number of halogens is 1. The monoisotopic (exact) mass is 524 g/mol. The zero-order valence-corrected chi connectivity index (χ0v) is 22.8. The maximum Gasteiger partial charge on any atom is 0.245 e. The summed E-state index contributed by atoms with van der Waals surface area (Å²) in [7, 11) is 3.43. The number of aromatic nitrogens is 1. The molecule has 206 valence electrons. The molecule has 1 aromatic heterocycles. The van der Waals surface area contributed by atoms with Crippen LogP contribution in [0.25, 0.3) is 10.9 Å². The molecule has 2 heterocycles. The van der Waals surface area contributed by atoms with Crippen LogP contribution in [-0.4, -0.2) is 65.8 Å². The van der Waals surface area contributed by atoms with Gasteiger partial charge in [0.2, 0.25) is 11.8 Å². The number of amides is 2. The molecule has 4 N–H and O–H groups in total.